The van der Waals surface area contributed by atoms with Gasteiger partial charge in [-0.2, -0.15) is 0 Å². The van der Waals surface area contributed by atoms with Crippen molar-refractivity contribution < 1.29 is 9.53 Å². The predicted molar refractivity (Wildman–Crippen MR) is 67.6 cm³/mol. The summed E-state index contributed by atoms with van der Waals surface area (Å²) >= 11 is 3.34. The Bertz CT molecular complexity index is 353. The molecule has 1 aromatic rings. The Morgan fingerprint density at radius 2 is 2.12 bits per heavy atom. The summed E-state index contributed by atoms with van der Waals surface area (Å²) in [4.78, 5) is 11.7. The van der Waals surface area contributed by atoms with Gasteiger partial charge >= 0.3 is 0 Å². The van der Waals surface area contributed by atoms with Crippen LogP contribution in [0.3, 0.4) is 0 Å². The molecule has 1 N–H and O–H groups in total. The van der Waals surface area contributed by atoms with E-state index in [0.29, 0.717) is 18.7 Å². The average Bonchev–Trinajstić information content (AvgIpc) is 2.24. The van der Waals surface area contributed by atoms with Crippen LogP contribution in [0.5, 0.6) is 0 Å². The van der Waals surface area contributed by atoms with Crippen molar-refractivity contribution in [3.8, 4) is 0 Å². The monoisotopic (exact) mass is 285 g/mol. The molecule has 4 heteroatoms. The van der Waals surface area contributed by atoms with Crippen LogP contribution in [0.1, 0.15) is 24.2 Å². The fourth-order valence-electron chi connectivity index (χ4n) is 1.20. The van der Waals surface area contributed by atoms with E-state index in [9.17, 15) is 4.79 Å². The van der Waals surface area contributed by atoms with Crippen molar-refractivity contribution in [3.05, 3.63) is 34.3 Å². The van der Waals surface area contributed by atoms with Crippen LogP contribution in [0.2, 0.25) is 0 Å². The number of rotatable bonds is 5. The molecular weight excluding hydrogens is 270 g/mol. The summed E-state index contributed by atoms with van der Waals surface area (Å²) in [6.07, 6.45) is 0.195. The van der Waals surface area contributed by atoms with Crippen LogP contribution in [0.15, 0.2) is 28.7 Å². The summed E-state index contributed by atoms with van der Waals surface area (Å²) in [5, 5.41) is 2.80. The first kappa shape index (κ1) is 13.2. The van der Waals surface area contributed by atoms with Gasteiger partial charge in [-0.05, 0) is 41.9 Å². The summed E-state index contributed by atoms with van der Waals surface area (Å²) in [5.74, 6) is -0.0835. The molecule has 0 fully saturated rings. The molecule has 0 aliphatic carbocycles. The minimum absolute atomic E-state index is 0.0835. The summed E-state index contributed by atoms with van der Waals surface area (Å²) in [6, 6.07) is 7.34. The number of nitrogens with one attached hydrogen (secondary N) is 1. The number of ether oxygens (including phenoxy) is 1. The third kappa shape index (κ3) is 4.33. The topological polar surface area (TPSA) is 38.3 Å². The molecule has 1 aromatic carbocycles. The number of halogens is 1. The second-order valence-electron chi connectivity index (χ2n) is 3.66. The minimum Gasteiger partial charge on any atom is -0.377 e. The number of hydrogen-bond donors (Lipinski definition) is 1. The number of carbonyl (C=O) groups is 1. The van der Waals surface area contributed by atoms with Gasteiger partial charge in [0, 0.05) is 11.0 Å². The van der Waals surface area contributed by atoms with Gasteiger partial charge < -0.3 is 10.1 Å². The third-order valence-corrected chi connectivity index (χ3v) is 2.65. The minimum atomic E-state index is -0.0835. The lowest BCUT2D eigenvalue weighted by molar-refractivity contribution is 0.0746. The Kier molecular flexibility index (Phi) is 5.49. The van der Waals surface area contributed by atoms with E-state index >= 15 is 0 Å². The molecule has 0 spiro atoms. The highest BCUT2D eigenvalue weighted by Crippen LogP contribution is 2.15. The standard InChI is InChI=1S/C12H16BrNO2/c1-9(2)16-8-7-14-12(15)10-5-3-4-6-11(10)13/h3-6,9H,7-8H2,1-2H3,(H,14,15). The van der Waals surface area contributed by atoms with E-state index in [0.717, 1.165) is 4.47 Å². The molecule has 1 rings (SSSR count). The number of benzene rings is 1. The van der Waals surface area contributed by atoms with Crippen LogP contribution in [0, 0.1) is 0 Å². The molecule has 0 aliphatic heterocycles. The zero-order chi connectivity index (χ0) is 12.0. The predicted octanol–water partition coefficient (Wildman–Crippen LogP) is 2.60. The number of hydrogen-bond acceptors (Lipinski definition) is 2. The van der Waals surface area contributed by atoms with Crippen LogP contribution < -0.4 is 5.32 Å². The van der Waals surface area contributed by atoms with Gasteiger partial charge in [0.05, 0.1) is 18.3 Å². The highest BCUT2D eigenvalue weighted by atomic mass is 79.9. The summed E-state index contributed by atoms with van der Waals surface area (Å²) in [5.41, 5.74) is 0.645. The maximum atomic E-state index is 11.7. The molecule has 0 aromatic heterocycles. The number of carbonyl (C=O) groups excluding carboxylic acids is 1. The van der Waals surface area contributed by atoms with Crippen molar-refractivity contribution >= 4 is 21.8 Å². The Hall–Kier alpha value is -0.870. The van der Waals surface area contributed by atoms with E-state index in [1.54, 1.807) is 6.07 Å². The van der Waals surface area contributed by atoms with E-state index in [-0.39, 0.29) is 12.0 Å². The van der Waals surface area contributed by atoms with Gasteiger partial charge in [-0.25, -0.2) is 0 Å². The van der Waals surface area contributed by atoms with Crippen LogP contribution in [0.25, 0.3) is 0 Å². The van der Waals surface area contributed by atoms with E-state index in [2.05, 4.69) is 21.2 Å². The maximum Gasteiger partial charge on any atom is 0.252 e. The lowest BCUT2D eigenvalue weighted by atomic mass is 10.2. The van der Waals surface area contributed by atoms with Gasteiger partial charge in [0.1, 0.15) is 0 Å². The van der Waals surface area contributed by atoms with Crippen molar-refractivity contribution in [2.75, 3.05) is 13.2 Å². The largest absolute Gasteiger partial charge is 0.377 e. The third-order valence-electron chi connectivity index (χ3n) is 1.96. The molecule has 3 nitrogen and oxygen atoms in total. The van der Waals surface area contributed by atoms with Crippen LogP contribution in [0.4, 0.5) is 0 Å². The van der Waals surface area contributed by atoms with Gasteiger partial charge in [-0.3, -0.25) is 4.79 Å². The van der Waals surface area contributed by atoms with Crippen molar-refractivity contribution in [2.45, 2.75) is 20.0 Å². The van der Waals surface area contributed by atoms with Gasteiger partial charge in [-0.1, -0.05) is 12.1 Å². The van der Waals surface area contributed by atoms with E-state index in [1.807, 2.05) is 32.0 Å². The smallest absolute Gasteiger partial charge is 0.252 e. The number of amides is 1. The summed E-state index contributed by atoms with van der Waals surface area (Å²) in [6.45, 7) is 5.00. The molecule has 0 aliphatic rings. The molecule has 0 radical (unpaired) electrons. The Morgan fingerprint density at radius 3 is 2.75 bits per heavy atom. The molecule has 16 heavy (non-hydrogen) atoms. The lowest BCUT2D eigenvalue weighted by Gasteiger charge is -2.09. The molecule has 0 saturated carbocycles. The maximum absolute atomic E-state index is 11.7. The zero-order valence-electron chi connectivity index (χ0n) is 9.50. The van der Waals surface area contributed by atoms with Crippen LogP contribution in [-0.4, -0.2) is 25.2 Å². The fourth-order valence-corrected chi connectivity index (χ4v) is 1.66. The highest BCUT2D eigenvalue weighted by molar-refractivity contribution is 9.10. The zero-order valence-corrected chi connectivity index (χ0v) is 11.1. The molecular formula is C12H16BrNO2. The molecule has 0 unspecified atom stereocenters. The normalized spacial score (nSPS) is 10.5. The first-order valence-corrected chi connectivity index (χ1v) is 6.05. The second kappa shape index (κ2) is 6.66. The van der Waals surface area contributed by atoms with Crippen molar-refractivity contribution in [1.29, 1.82) is 0 Å². The molecule has 0 bridgehead atoms. The van der Waals surface area contributed by atoms with E-state index in [4.69, 9.17) is 4.74 Å². The molecule has 0 saturated heterocycles. The van der Waals surface area contributed by atoms with Crippen molar-refractivity contribution in [3.63, 3.8) is 0 Å². The Morgan fingerprint density at radius 1 is 1.44 bits per heavy atom. The molecule has 88 valence electrons. The second-order valence-corrected chi connectivity index (χ2v) is 4.51. The van der Waals surface area contributed by atoms with Crippen molar-refractivity contribution in [2.24, 2.45) is 0 Å². The van der Waals surface area contributed by atoms with Gasteiger partial charge in [-0.15, -0.1) is 0 Å². The SMILES string of the molecule is CC(C)OCCNC(=O)c1ccccc1Br. The first-order valence-electron chi connectivity index (χ1n) is 5.25. The van der Waals surface area contributed by atoms with Gasteiger partial charge in [0.25, 0.3) is 5.91 Å². The van der Waals surface area contributed by atoms with Gasteiger partial charge in [0.2, 0.25) is 0 Å². The Labute approximate surface area is 104 Å². The lowest BCUT2D eigenvalue weighted by Crippen LogP contribution is -2.28. The Balaban J connectivity index is 2.39. The highest BCUT2D eigenvalue weighted by Gasteiger charge is 2.07. The average molecular weight is 286 g/mol. The molecule has 0 heterocycles. The molecule has 0 atom stereocenters. The quantitative estimate of drug-likeness (QED) is 0.845. The van der Waals surface area contributed by atoms with Crippen LogP contribution >= 0.6 is 15.9 Å². The molecule has 1 amide bonds. The first-order chi connectivity index (χ1) is 7.61. The summed E-state index contributed by atoms with van der Waals surface area (Å²) < 4.78 is 6.13. The fraction of sp³-hybridized carbons (Fsp3) is 0.417. The summed E-state index contributed by atoms with van der Waals surface area (Å²) in [7, 11) is 0. The van der Waals surface area contributed by atoms with E-state index in [1.165, 1.54) is 0 Å². The van der Waals surface area contributed by atoms with Crippen LogP contribution in [-0.2, 0) is 4.74 Å². The van der Waals surface area contributed by atoms with Gasteiger partial charge in [0.15, 0.2) is 0 Å². The van der Waals surface area contributed by atoms with E-state index < -0.39 is 0 Å². The van der Waals surface area contributed by atoms with Crippen molar-refractivity contribution in [1.82, 2.24) is 5.32 Å².